The molecule has 2 unspecified atom stereocenters. The molecule has 1 saturated heterocycles. The van der Waals surface area contributed by atoms with Gasteiger partial charge >= 0.3 is 12.0 Å². The first-order valence-corrected chi connectivity index (χ1v) is 7.32. The molecule has 21 heavy (non-hydrogen) atoms. The zero-order valence-corrected chi connectivity index (χ0v) is 13.1. The number of likely N-dealkylation sites (tertiary alicyclic amines) is 1. The Bertz CT molecular complexity index is 411. The van der Waals surface area contributed by atoms with Crippen LogP contribution in [0.2, 0.25) is 0 Å². The van der Waals surface area contributed by atoms with Crippen molar-refractivity contribution in [2.24, 2.45) is 11.8 Å². The monoisotopic (exact) mass is 299 g/mol. The molecule has 1 aliphatic rings. The van der Waals surface area contributed by atoms with Crippen LogP contribution in [0, 0.1) is 11.8 Å². The van der Waals surface area contributed by atoms with Gasteiger partial charge in [-0.2, -0.15) is 0 Å². The van der Waals surface area contributed by atoms with Crippen LogP contribution in [0.4, 0.5) is 4.79 Å². The van der Waals surface area contributed by atoms with Gasteiger partial charge in [0.05, 0.1) is 5.92 Å². The van der Waals surface area contributed by atoms with Gasteiger partial charge in [0.2, 0.25) is 5.91 Å². The zero-order valence-electron chi connectivity index (χ0n) is 13.1. The van der Waals surface area contributed by atoms with E-state index in [1.165, 1.54) is 9.80 Å². The predicted octanol–water partition coefficient (Wildman–Crippen LogP) is 0.605. The summed E-state index contributed by atoms with van der Waals surface area (Å²) in [5.74, 6) is -1.69. The number of hydrogen-bond donors (Lipinski definition) is 2. The average molecular weight is 299 g/mol. The summed E-state index contributed by atoms with van der Waals surface area (Å²) in [4.78, 5) is 38.2. The minimum Gasteiger partial charge on any atom is -0.481 e. The van der Waals surface area contributed by atoms with E-state index >= 15 is 0 Å². The quantitative estimate of drug-likeness (QED) is 0.778. The molecular formula is C14H25N3O4. The summed E-state index contributed by atoms with van der Waals surface area (Å²) in [6.45, 7) is 8.37. The normalized spacial score (nSPS) is 21.5. The van der Waals surface area contributed by atoms with Gasteiger partial charge < -0.3 is 20.2 Å². The third kappa shape index (κ3) is 4.61. The molecular weight excluding hydrogens is 274 g/mol. The molecule has 0 bridgehead atoms. The first kappa shape index (κ1) is 17.3. The van der Waals surface area contributed by atoms with E-state index in [4.69, 9.17) is 5.11 Å². The van der Waals surface area contributed by atoms with E-state index in [1.54, 1.807) is 6.92 Å². The summed E-state index contributed by atoms with van der Waals surface area (Å²) in [6.07, 6.45) is 0. The number of rotatable bonds is 5. The standard InChI is InChI=1S/C14H25N3O4/c1-5-16(8-12(18)15-9(2)3)14(21)17-6-10(4)11(7-17)13(19)20/h9-11H,5-8H2,1-4H3,(H,15,18)(H,19,20). The van der Waals surface area contributed by atoms with Gasteiger partial charge in [0, 0.05) is 25.7 Å². The SMILES string of the molecule is CCN(CC(=O)NC(C)C)C(=O)N1CC(C)C(C(=O)O)C1. The number of carbonyl (C=O) groups excluding carboxylic acids is 2. The Balaban J connectivity index is 2.63. The van der Waals surface area contributed by atoms with Crippen LogP contribution in [0.3, 0.4) is 0 Å². The number of amides is 3. The Morgan fingerprint density at radius 3 is 2.38 bits per heavy atom. The van der Waals surface area contributed by atoms with Gasteiger partial charge in [0.1, 0.15) is 6.54 Å². The molecule has 2 N–H and O–H groups in total. The number of aliphatic carboxylic acids is 1. The molecule has 120 valence electrons. The molecule has 1 fully saturated rings. The van der Waals surface area contributed by atoms with Gasteiger partial charge in [-0.3, -0.25) is 9.59 Å². The minimum atomic E-state index is -0.876. The van der Waals surface area contributed by atoms with Crippen molar-refractivity contribution in [2.45, 2.75) is 33.7 Å². The van der Waals surface area contributed by atoms with Crippen molar-refractivity contribution in [3.05, 3.63) is 0 Å². The first-order valence-electron chi connectivity index (χ1n) is 7.32. The number of hydrogen-bond acceptors (Lipinski definition) is 3. The number of nitrogens with one attached hydrogen (secondary N) is 1. The molecule has 7 heteroatoms. The fourth-order valence-electron chi connectivity index (χ4n) is 2.50. The molecule has 0 spiro atoms. The highest BCUT2D eigenvalue weighted by atomic mass is 16.4. The van der Waals surface area contributed by atoms with E-state index < -0.39 is 11.9 Å². The number of likely N-dealkylation sites (N-methyl/N-ethyl adjacent to an activating group) is 1. The third-order valence-corrected chi connectivity index (χ3v) is 3.64. The Kier molecular flexibility index (Phi) is 5.99. The summed E-state index contributed by atoms with van der Waals surface area (Å²) >= 11 is 0. The van der Waals surface area contributed by atoms with Crippen molar-refractivity contribution in [3.8, 4) is 0 Å². The van der Waals surface area contributed by atoms with E-state index in [0.717, 1.165) is 0 Å². The largest absolute Gasteiger partial charge is 0.481 e. The summed E-state index contributed by atoms with van der Waals surface area (Å²) in [6, 6.07) is -0.249. The molecule has 0 aromatic heterocycles. The predicted molar refractivity (Wildman–Crippen MR) is 77.8 cm³/mol. The molecule has 1 rings (SSSR count). The third-order valence-electron chi connectivity index (χ3n) is 3.64. The highest BCUT2D eigenvalue weighted by Crippen LogP contribution is 2.24. The van der Waals surface area contributed by atoms with E-state index in [9.17, 15) is 14.4 Å². The van der Waals surface area contributed by atoms with Gasteiger partial charge in [-0.1, -0.05) is 6.92 Å². The topological polar surface area (TPSA) is 90.0 Å². The first-order chi connectivity index (χ1) is 9.76. The van der Waals surface area contributed by atoms with Crippen molar-refractivity contribution in [2.75, 3.05) is 26.2 Å². The maximum Gasteiger partial charge on any atom is 0.320 e. The Morgan fingerprint density at radius 2 is 1.95 bits per heavy atom. The molecule has 3 amide bonds. The highest BCUT2D eigenvalue weighted by Gasteiger charge is 2.38. The number of carboxylic acid groups (broad SMARTS) is 1. The van der Waals surface area contributed by atoms with Gasteiger partial charge in [-0.05, 0) is 26.7 Å². The summed E-state index contributed by atoms with van der Waals surface area (Å²) in [5.41, 5.74) is 0. The van der Waals surface area contributed by atoms with Crippen LogP contribution in [0.5, 0.6) is 0 Å². The summed E-state index contributed by atoms with van der Waals surface area (Å²) < 4.78 is 0. The van der Waals surface area contributed by atoms with E-state index in [0.29, 0.717) is 13.1 Å². The molecule has 1 aliphatic heterocycles. The van der Waals surface area contributed by atoms with Crippen LogP contribution in [0.1, 0.15) is 27.7 Å². The molecule has 0 aliphatic carbocycles. The minimum absolute atomic E-state index is 0.00384. The van der Waals surface area contributed by atoms with Gasteiger partial charge in [-0.25, -0.2) is 4.79 Å². The van der Waals surface area contributed by atoms with Gasteiger partial charge in [-0.15, -0.1) is 0 Å². The van der Waals surface area contributed by atoms with Crippen LogP contribution in [0.25, 0.3) is 0 Å². The molecule has 2 atom stereocenters. The zero-order chi connectivity index (χ0) is 16.2. The Hall–Kier alpha value is -1.79. The Morgan fingerprint density at radius 1 is 1.33 bits per heavy atom. The van der Waals surface area contributed by atoms with E-state index in [-0.39, 0.29) is 37.0 Å². The van der Waals surface area contributed by atoms with Gasteiger partial charge in [0.15, 0.2) is 0 Å². The lowest BCUT2D eigenvalue weighted by Gasteiger charge is -2.27. The fraction of sp³-hybridized carbons (Fsp3) is 0.786. The smallest absolute Gasteiger partial charge is 0.320 e. The maximum atomic E-state index is 12.4. The van der Waals surface area contributed by atoms with E-state index in [1.807, 2.05) is 20.8 Å². The van der Waals surface area contributed by atoms with Crippen LogP contribution < -0.4 is 5.32 Å². The molecule has 0 aromatic rings. The maximum absolute atomic E-state index is 12.4. The summed E-state index contributed by atoms with van der Waals surface area (Å²) in [5, 5.41) is 11.9. The van der Waals surface area contributed by atoms with Crippen molar-refractivity contribution >= 4 is 17.9 Å². The highest BCUT2D eigenvalue weighted by molar-refractivity contribution is 5.84. The van der Waals surface area contributed by atoms with Crippen LogP contribution in [-0.4, -0.2) is 65.0 Å². The second-order valence-corrected chi connectivity index (χ2v) is 5.85. The van der Waals surface area contributed by atoms with Crippen LogP contribution in [0.15, 0.2) is 0 Å². The summed E-state index contributed by atoms with van der Waals surface area (Å²) in [7, 11) is 0. The second-order valence-electron chi connectivity index (χ2n) is 5.85. The molecule has 0 radical (unpaired) electrons. The van der Waals surface area contributed by atoms with Crippen LogP contribution >= 0.6 is 0 Å². The molecule has 7 nitrogen and oxygen atoms in total. The van der Waals surface area contributed by atoms with Crippen molar-refractivity contribution in [3.63, 3.8) is 0 Å². The lowest BCUT2D eigenvalue weighted by Crippen LogP contribution is -2.47. The van der Waals surface area contributed by atoms with Crippen LogP contribution in [-0.2, 0) is 9.59 Å². The second kappa shape index (κ2) is 7.28. The number of carbonyl (C=O) groups is 3. The fourth-order valence-corrected chi connectivity index (χ4v) is 2.50. The average Bonchev–Trinajstić information content (AvgIpc) is 2.76. The van der Waals surface area contributed by atoms with E-state index in [2.05, 4.69) is 5.32 Å². The molecule has 0 aromatic carbocycles. The lowest BCUT2D eigenvalue weighted by molar-refractivity contribution is -0.142. The van der Waals surface area contributed by atoms with Crippen molar-refractivity contribution in [1.82, 2.24) is 15.1 Å². The lowest BCUT2D eigenvalue weighted by atomic mass is 9.99. The number of nitrogens with zero attached hydrogens (tertiary/aromatic N) is 2. The molecule has 1 heterocycles. The number of urea groups is 1. The van der Waals surface area contributed by atoms with Crippen molar-refractivity contribution in [1.29, 1.82) is 0 Å². The Labute approximate surface area is 125 Å². The van der Waals surface area contributed by atoms with Gasteiger partial charge in [0.25, 0.3) is 0 Å². The molecule has 0 saturated carbocycles. The number of carboxylic acids is 1. The van der Waals surface area contributed by atoms with Crippen molar-refractivity contribution < 1.29 is 19.5 Å².